The minimum Gasteiger partial charge on any atom is -0.387 e. The number of imide groups is 1. The van der Waals surface area contributed by atoms with E-state index in [0.717, 1.165) is 4.90 Å². The van der Waals surface area contributed by atoms with E-state index in [1.807, 2.05) is 5.32 Å². The quantitative estimate of drug-likeness (QED) is 0.175. The molecule has 0 bridgehead atoms. The summed E-state index contributed by atoms with van der Waals surface area (Å²) in [5.74, 6) is -0.551. The Kier molecular flexibility index (Phi) is 7.75. The Hall–Kier alpha value is -0.350. The van der Waals surface area contributed by atoms with Crippen LogP contribution in [0, 0.1) is 0 Å². The van der Waals surface area contributed by atoms with Crippen molar-refractivity contribution in [1.29, 1.82) is 0 Å². The number of nitrogens with zero attached hydrogens (tertiary/aromatic N) is 1. The van der Waals surface area contributed by atoms with E-state index < -0.39 is 65.4 Å². The molecule has 6 atom stereocenters. The van der Waals surface area contributed by atoms with Gasteiger partial charge < -0.3 is 34.5 Å². The first-order valence-corrected chi connectivity index (χ1v) is 13.1. The monoisotopic (exact) mass is 502 g/mol. The van der Waals surface area contributed by atoms with E-state index >= 15 is 0 Å². The van der Waals surface area contributed by atoms with Gasteiger partial charge in [-0.15, -0.1) is 0 Å². The number of carbonyl (C=O) groups is 2. The van der Waals surface area contributed by atoms with E-state index in [0.29, 0.717) is 0 Å². The number of phosphoric ester groups is 1. The topological polar surface area (TPSA) is 242 Å². The average molecular weight is 502 g/mol. The molecule has 2 aliphatic rings. The molecular weight excluding hydrogens is 485 g/mol. The second kappa shape index (κ2) is 9.02. The van der Waals surface area contributed by atoms with E-state index in [9.17, 15) is 38.7 Å². The predicted octanol–water partition coefficient (Wildman–Crippen LogP) is -2.17. The number of phosphoric acid groups is 2. The van der Waals surface area contributed by atoms with Gasteiger partial charge in [0.1, 0.15) is 18.3 Å². The molecule has 0 aliphatic carbocycles. The summed E-state index contributed by atoms with van der Waals surface area (Å²) >= 11 is 3.93. The maximum absolute atomic E-state index is 11.8. The molecule has 16 nitrogen and oxygen atoms in total. The molecule has 20 heteroatoms. The van der Waals surface area contributed by atoms with Crippen LogP contribution in [-0.2, 0) is 43.6 Å². The molecule has 3 amide bonds. The van der Waals surface area contributed by atoms with E-state index in [2.05, 4.69) is 25.0 Å². The Morgan fingerprint density at radius 2 is 1.72 bits per heavy atom. The van der Waals surface area contributed by atoms with Gasteiger partial charge in [0.2, 0.25) is 5.91 Å². The molecule has 0 aromatic rings. The minimum atomic E-state index is -5.51. The molecule has 7 N–H and O–H groups in total. The Morgan fingerprint density at radius 1 is 1.10 bits per heavy atom. The molecular formula is C9H17N2O14P3S. The largest absolute Gasteiger partial charge is 0.488 e. The van der Waals surface area contributed by atoms with Crippen LogP contribution in [0.2, 0.25) is 0 Å². The fraction of sp³-hybridized carbons (Fsp3) is 0.778. The van der Waals surface area contributed by atoms with Crippen molar-refractivity contribution in [2.75, 3.05) is 13.2 Å². The molecule has 0 aromatic carbocycles. The number of carbonyl (C=O) groups excluding carboxylic acids is 2. The van der Waals surface area contributed by atoms with Gasteiger partial charge in [0.05, 0.1) is 6.61 Å². The lowest BCUT2D eigenvalue weighted by Crippen LogP contribution is -2.56. The van der Waals surface area contributed by atoms with Crippen molar-refractivity contribution in [2.45, 2.75) is 31.0 Å². The zero-order chi connectivity index (χ0) is 22.2. The van der Waals surface area contributed by atoms with Crippen LogP contribution in [0.1, 0.15) is 6.42 Å². The van der Waals surface area contributed by atoms with E-state index in [1.165, 1.54) is 0 Å². The highest BCUT2D eigenvalue weighted by molar-refractivity contribution is 8.08. The third kappa shape index (κ3) is 7.09. The number of rotatable bonds is 8. The van der Waals surface area contributed by atoms with Gasteiger partial charge in [-0.2, -0.15) is 4.31 Å². The maximum Gasteiger partial charge on any atom is 0.488 e. The summed E-state index contributed by atoms with van der Waals surface area (Å²) in [6.45, 7) is -5.82. The van der Waals surface area contributed by atoms with Gasteiger partial charge in [-0.3, -0.25) is 19.5 Å². The molecule has 2 fully saturated rings. The third-order valence-corrected chi connectivity index (χ3v) is 7.95. The number of urea groups is 1. The van der Waals surface area contributed by atoms with Crippen LogP contribution in [-0.4, -0.2) is 84.3 Å². The average Bonchev–Trinajstić information content (AvgIpc) is 2.78. The number of hydrogen-bond donors (Lipinski definition) is 7. The molecule has 2 rings (SSSR count). The Balaban J connectivity index is 1.97. The Morgan fingerprint density at radius 3 is 2.28 bits per heavy atom. The molecule has 2 saturated heterocycles. The van der Waals surface area contributed by atoms with Crippen molar-refractivity contribution >= 4 is 46.1 Å². The molecule has 2 heterocycles. The van der Waals surface area contributed by atoms with Gasteiger partial charge in [0.15, 0.2) is 6.23 Å². The summed E-state index contributed by atoms with van der Waals surface area (Å²) in [6.07, 6.45) is -6.41. The van der Waals surface area contributed by atoms with Crippen molar-refractivity contribution < 1.29 is 66.4 Å². The number of amides is 3. The predicted molar refractivity (Wildman–Crippen MR) is 92.0 cm³/mol. The first kappa shape index (κ1) is 24.9. The molecule has 0 saturated carbocycles. The highest BCUT2D eigenvalue weighted by Gasteiger charge is 2.49. The van der Waals surface area contributed by atoms with Crippen molar-refractivity contribution in [1.82, 2.24) is 10.2 Å². The van der Waals surface area contributed by atoms with Gasteiger partial charge >= 0.3 is 28.4 Å². The van der Waals surface area contributed by atoms with Crippen LogP contribution in [0.5, 0.6) is 0 Å². The van der Waals surface area contributed by atoms with Crippen LogP contribution in [0.15, 0.2) is 0 Å². The zero-order valence-electron chi connectivity index (χ0n) is 14.1. The third-order valence-electron chi connectivity index (χ3n) is 3.55. The summed E-state index contributed by atoms with van der Waals surface area (Å²) in [4.78, 5) is 60.1. The lowest BCUT2D eigenvalue weighted by Gasteiger charge is -2.32. The lowest BCUT2D eigenvalue weighted by atomic mass is 10.1. The summed E-state index contributed by atoms with van der Waals surface area (Å²) in [6, 6.07) is -0.891. The number of ether oxygens (including phenoxy) is 1. The lowest BCUT2D eigenvalue weighted by molar-refractivity contribution is -0.125. The standard InChI is InChI=1S/C9H17N2O14P3S/c12-5-1-2-11(9(15)10-5)8-7(14)6(13)4(23-8)3-22-26(16,17)24-27(18,19)25-28(20,21)29/h4,6-8,13-14H,1-3H2,(H,16,17)(H,18,19)(H,10,12,15)(H2,20,21,29)/t4-,6-,7-,8-/m1/s1. The van der Waals surface area contributed by atoms with Crippen LogP contribution >= 0.6 is 22.4 Å². The Bertz CT molecular complexity index is 803. The van der Waals surface area contributed by atoms with Gasteiger partial charge in [-0.25, -0.2) is 18.2 Å². The molecule has 168 valence electrons. The van der Waals surface area contributed by atoms with Crippen LogP contribution in [0.25, 0.3) is 0 Å². The summed E-state index contributed by atoms with van der Waals surface area (Å²) in [5.41, 5.74) is 0. The Labute approximate surface area is 167 Å². The summed E-state index contributed by atoms with van der Waals surface area (Å²) in [5, 5.41) is 22.0. The van der Waals surface area contributed by atoms with Crippen LogP contribution in [0.3, 0.4) is 0 Å². The normalized spacial score (nSPS) is 32.6. The second-order valence-electron chi connectivity index (χ2n) is 5.73. The van der Waals surface area contributed by atoms with Crippen molar-refractivity contribution in [3.8, 4) is 0 Å². The summed E-state index contributed by atoms with van der Waals surface area (Å²) < 4.78 is 40.3. The van der Waals surface area contributed by atoms with Gasteiger partial charge in [-0.05, 0) is 11.8 Å². The highest BCUT2D eigenvalue weighted by atomic mass is 32.5. The van der Waals surface area contributed by atoms with Crippen molar-refractivity contribution in [3.63, 3.8) is 0 Å². The maximum atomic E-state index is 11.8. The SMILES string of the molecule is O=C1CCN([C@@H]2O[C@H](COP(=O)(O)OP(=O)(O)OP(O)(O)=S)[C@@H](O)[C@H]2O)C(=O)N1. The molecule has 0 spiro atoms. The molecule has 29 heavy (non-hydrogen) atoms. The summed E-state index contributed by atoms with van der Waals surface area (Å²) in [7, 11) is -10.9. The molecule has 0 aromatic heterocycles. The highest BCUT2D eigenvalue weighted by Crippen LogP contribution is 2.66. The van der Waals surface area contributed by atoms with E-state index in [1.54, 1.807) is 0 Å². The first-order valence-electron chi connectivity index (χ1n) is 7.51. The number of aliphatic hydroxyl groups is 2. The van der Waals surface area contributed by atoms with E-state index in [-0.39, 0.29) is 13.0 Å². The van der Waals surface area contributed by atoms with E-state index in [4.69, 9.17) is 14.5 Å². The fourth-order valence-corrected chi connectivity index (χ4v) is 6.20. The number of aliphatic hydroxyl groups excluding tert-OH is 2. The smallest absolute Gasteiger partial charge is 0.387 e. The van der Waals surface area contributed by atoms with Gasteiger partial charge in [-0.1, -0.05) is 0 Å². The molecule has 0 radical (unpaired) electrons. The van der Waals surface area contributed by atoms with Crippen LogP contribution < -0.4 is 5.32 Å². The van der Waals surface area contributed by atoms with Gasteiger partial charge in [0.25, 0.3) is 0 Å². The fourth-order valence-electron chi connectivity index (χ4n) is 2.42. The second-order valence-corrected chi connectivity index (χ2v) is 11.6. The van der Waals surface area contributed by atoms with Gasteiger partial charge in [0, 0.05) is 13.0 Å². The first-order chi connectivity index (χ1) is 13.1. The zero-order valence-corrected chi connectivity index (χ0v) is 17.6. The van der Waals surface area contributed by atoms with Crippen molar-refractivity contribution in [3.05, 3.63) is 0 Å². The van der Waals surface area contributed by atoms with Crippen LogP contribution in [0.4, 0.5) is 4.79 Å². The van der Waals surface area contributed by atoms with Crippen molar-refractivity contribution in [2.24, 2.45) is 0 Å². The number of hydrogen-bond acceptors (Lipinski definition) is 11. The molecule has 2 aliphatic heterocycles. The number of nitrogens with one attached hydrogen (secondary N) is 1. The minimum absolute atomic E-state index is 0.0935. The molecule has 2 unspecified atom stereocenters.